The van der Waals surface area contributed by atoms with Gasteiger partial charge in [-0.15, -0.1) is 6.42 Å². The zero-order chi connectivity index (χ0) is 13.3. The van der Waals surface area contributed by atoms with E-state index < -0.39 is 15.6 Å². The van der Waals surface area contributed by atoms with Crippen molar-refractivity contribution in [3.05, 3.63) is 28.2 Å². The Morgan fingerprint density at radius 3 is 2.47 bits per heavy atom. The van der Waals surface area contributed by atoms with E-state index in [-0.39, 0.29) is 14.9 Å². The number of rotatable bonds is 3. The molecule has 0 bridgehead atoms. The molecular formula is C11H11Cl2NO2S. The average molecular weight is 292 g/mol. The summed E-state index contributed by atoms with van der Waals surface area (Å²) >= 11 is 11.6. The molecule has 1 N–H and O–H groups in total. The summed E-state index contributed by atoms with van der Waals surface area (Å²) in [5, 5.41) is 0.378. The van der Waals surface area contributed by atoms with E-state index in [4.69, 9.17) is 29.6 Å². The summed E-state index contributed by atoms with van der Waals surface area (Å²) in [6, 6.07) is 4.20. The van der Waals surface area contributed by atoms with Crippen LogP contribution in [0.4, 0.5) is 0 Å². The summed E-state index contributed by atoms with van der Waals surface area (Å²) < 4.78 is 26.4. The van der Waals surface area contributed by atoms with Gasteiger partial charge in [-0.2, -0.15) is 4.72 Å². The van der Waals surface area contributed by atoms with Crippen molar-refractivity contribution in [3.63, 3.8) is 0 Å². The van der Waals surface area contributed by atoms with Gasteiger partial charge in [-0.1, -0.05) is 29.1 Å². The molecule has 0 saturated heterocycles. The molecule has 0 aliphatic heterocycles. The van der Waals surface area contributed by atoms with Crippen LogP contribution < -0.4 is 4.72 Å². The molecule has 0 aliphatic carbocycles. The first-order valence-electron chi connectivity index (χ1n) is 4.65. The van der Waals surface area contributed by atoms with Crippen LogP contribution in [0.2, 0.25) is 10.0 Å². The van der Waals surface area contributed by atoms with E-state index in [0.717, 1.165) is 0 Å². The van der Waals surface area contributed by atoms with E-state index in [1.807, 2.05) is 0 Å². The molecule has 17 heavy (non-hydrogen) atoms. The Bertz CT molecular complexity index is 574. The van der Waals surface area contributed by atoms with Crippen molar-refractivity contribution in [3.8, 4) is 12.3 Å². The molecule has 0 atom stereocenters. The van der Waals surface area contributed by atoms with Crippen molar-refractivity contribution in [2.24, 2.45) is 0 Å². The van der Waals surface area contributed by atoms with Gasteiger partial charge < -0.3 is 0 Å². The van der Waals surface area contributed by atoms with Gasteiger partial charge in [0.1, 0.15) is 4.90 Å². The second-order valence-corrected chi connectivity index (χ2v) is 6.44. The van der Waals surface area contributed by atoms with E-state index in [0.29, 0.717) is 0 Å². The molecule has 1 rings (SSSR count). The standard InChI is InChI=1S/C11H11Cl2NO2S/c1-4-11(2,3)14-17(15,16)10-7-8(12)5-6-9(10)13/h1,5-7,14H,2-3H3. The highest BCUT2D eigenvalue weighted by Gasteiger charge is 2.26. The highest BCUT2D eigenvalue weighted by atomic mass is 35.5. The van der Waals surface area contributed by atoms with Crippen LogP contribution in [0, 0.1) is 12.3 Å². The molecule has 0 aliphatic rings. The van der Waals surface area contributed by atoms with Crippen molar-refractivity contribution in [1.29, 1.82) is 0 Å². The number of halogens is 2. The fraction of sp³-hybridized carbons (Fsp3) is 0.273. The van der Waals surface area contributed by atoms with Crippen molar-refractivity contribution < 1.29 is 8.42 Å². The zero-order valence-electron chi connectivity index (χ0n) is 9.29. The predicted molar refractivity (Wildman–Crippen MR) is 69.7 cm³/mol. The van der Waals surface area contributed by atoms with Crippen LogP contribution in [0.15, 0.2) is 23.1 Å². The van der Waals surface area contributed by atoms with Gasteiger partial charge in [0, 0.05) is 5.02 Å². The van der Waals surface area contributed by atoms with Crippen molar-refractivity contribution in [1.82, 2.24) is 4.72 Å². The minimum atomic E-state index is -3.79. The van der Waals surface area contributed by atoms with E-state index >= 15 is 0 Å². The molecule has 0 radical (unpaired) electrons. The van der Waals surface area contributed by atoms with Gasteiger partial charge in [0.2, 0.25) is 10.0 Å². The zero-order valence-corrected chi connectivity index (χ0v) is 11.6. The lowest BCUT2D eigenvalue weighted by molar-refractivity contribution is 0.539. The summed E-state index contributed by atoms with van der Waals surface area (Å²) in [5.41, 5.74) is -0.996. The maximum atomic E-state index is 12.0. The summed E-state index contributed by atoms with van der Waals surface area (Å²) in [7, 11) is -3.79. The number of nitrogens with one attached hydrogen (secondary N) is 1. The Kier molecular flexibility index (Phi) is 4.11. The van der Waals surface area contributed by atoms with Gasteiger partial charge in [0.05, 0.1) is 10.6 Å². The summed E-state index contributed by atoms with van der Waals surface area (Å²) in [6.07, 6.45) is 5.22. The van der Waals surface area contributed by atoms with Crippen LogP contribution in [0.25, 0.3) is 0 Å². The number of hydrogen-bond acceptors (Lipinski definition) is 2. The molecule has 0 fully saturated rings. The first-order chi connectivity index (χ1) is 7.68. The van der Waals surface area contributed by atoms with E-state index in [1.54, 1.807) is 13.8 Å². The van der Waals surface area contributed by atoms with Crippen LogP contribution in [-0.2, 0) is 10.0 Å². The fourth-order valence-corrected chi connectivity index (χ4v) is 3.21. The Hall–Kier alpha value is -0.730. The molecule has 6 heteroatoms. The Morgan fingerprint density at radius 1 is 1.35 bits per heavy atom. The molecule has 0 aromatic heterocycles. The second-order valence-electron chi connectivity index (χ2n) is 3.95. The monoisotopic (exact) mass is 291 g/mol. The molecule has 0 unspecified atom stereocenters. The lowest BCUT2D eigenvalue weighted by Crippen LogP contribution is -2.42. The quantitative estimate of drug-likeness (QED) is 0.871. The summed E-state index contributed by atoms with van der Waals surface area (Å²) in [5.74, 6) is 2.33. The molecule has 0 spiro atoms. The lowest BCUT2D eigenvalue weighted by Gasteiger charge is -2.19. The van der Waals surface area contributed by atoms with E-state index in [9.17, 15) is 8.42 Å². The number of hydrogen-bond donors (Lipinski definition) is 1. The SMILES string of the molecule is C#CC(C)(C)NS(=O)(=O)c1cc(Cl)ccc1Cl. The second kappa shape index (κ2) is 4.87. The van der Waals surface area contributed by atoms with Gasteiger partial charge >= 0.3 is 0 Å². The molecule has 0 saturated carbocycles. The molecule has 0 heterocycles. The Morgan fingerprint density at radius 2 is 1.94 bits per heavy atom. The number of benzene rings is 1. The number of sulfonamides is 1. The molecule has 0 amide bonds. The van der Waals surface area contributed by atoms with E-state index in [2.05, 4.69) is 10.6 Å². The van der Waals surface area contributed by atoms with Crippen molar-refractivity contribution in [2.45, 2.75) is 24.3 Å². The highest BCUT2D eigenvalue weighted by molar-refractivity contribution is 7.89. The summed E-state index contributed by atoms with van der Waals surface area (Å²) in [6.45, 7) is 3.14. The molecular weight excluding hydrogens is 281 g/mol. The van der Waals surface area contributed by atoms with Gasteiger partial charge in [-0.25, -0.2) is 8.42 Å². The van der Waals surface area contributed by atoms with Crippen LogP contribution in [0.5, 0.6) is 0 Å². The van der Waals surface area contributed by atoms with Crippen molar-refractivity contribution in [2.75, 3.05) is 0 Å². The summed E-state index contributed by atoms with van der Waals surface area (Å²) in [4.78, 5) is -0.0880. The Balaban J connectivity index is 3.24. The predicted octanol–water partition coefficient (Wildman–Crippen LogP) is 2.68. The van der Waals surface area contributed by atoms with Crippen LogP contribution in [0.3, 0.4) is 0 Å². The van der Waals surface area contributed by atoms with Crippen LogP contribution in [0.1, 0.15) is 13.8 Å². The Labute approximate surface area is 111 Å². The highest BCUT2D eigenvalue weighted by Crippen LogP contribution is 2.25. The first kappa shape index (κ1) is 14.3. The van der Waals surface area contributed by atoms with Crippen LogP contribution in [-0.4, -0.2) is 14.0 Å². The van der Waals surface area contributed by atoms with Gasteiger partial charge in [-0.05, 0) is 32.0 Å². The number of terminal acetylenes is 1. The van der Waals surface area contributed by atoms with Crippen LogP contribution >= 0.6 is 23.2 Å². The van der Waals surface area contributed by atoms with Gasteiger partial charge in [0.15, 0.2) is 0 Å². The fourth-order valence-electron chi connectivity index (χ4n) is 1.10. The largest absolute Gasteiger partial charge is 0.243 e. The lowest BCUT2D eigenvalue weighted by atomic mass is 10.1. The molecule has 1 aromatic carbocycles. The smallest absolute Gasteiger partial charge is 0.207 e. The van der Waals surface area contributed by atoms with Gasteiger partial charge in [0.25, 0.3) is 0 Å². The van der Waals surface area contributed by atoms with Gasteiger partial charge in [-0.3, -0.25) is 0 Å². The normalized spacial score (nSPS) is 12.2. The molecule has 1 aromatic rings. The first-order valence-corrected chi connectivity index (χ1v) is 6.89. The topological polar surface area (TPSA) is 46.2 Å². The minimum absolute atomic E-state index is 0.0880. The van der Waals surface area contributed by atoms with Crippen molar-refractivity contribution >= 4 is 33.2 Å². The third-order valence-electron chi connectivity index (χ3n) is 1.93. The molecule has 92 valence electrons. The third-order valence-corrected chi connectivity index (χ3v) is 4.31. The maximum absolute atomic E-state index is 12.0. The van der Waals surface area contributed by atoms with E-state index in [1.165, 1.54) is 18.2 Å². The molecule has 3 nitrogen and oxygen atoms in total. The third kappa shape index (κ3) is 3.62. The maximum Gasteiger partial charge on any atom is 0.243 e. The average Bonchev–Trinajstić information content (AvgIpc) is 2.20. The minimum Gasteiger partial charge on any atom is -0.207 e.